The van der Waals surface area contributed by atoms with Crippen LogP contribution in [0.4, 0.5) is 5.82 Å². The van der Waals surface area contributed by atoms with Crippen LogP contribution >= 0.6 is 0 Å². The summed E-state index contributed by atoms with van der Waals surface area (Å²) in [4.78, 5) is 25.1. The molecule has 2 saturated heterocycles. The number of para-hydroxylation sites is 1. The first-order chi connectivity index (χ1) is 20.5. The number of aryl methyl sites for hydroxylation is 1. The predicted octanol–water partition coefficient (Wildman–Crippen LogP) is 3.83. The number of ether oxygens (including phenoxy) is 1. The molecule has 3 N–H and O–H groups in total. The van der Waals surface area contributed by atoms with Gasteiger partial charge in [0, 0.05) is 44.2 Å². The molecule has 0 saturated carbocycles. The molecule has 6 rings (SSSR count). The second-order valence-corrected chi connectivity index (χ2v) is 10.9. The molecule has 2 aromatic carbocycles. The molecule has 2 atom stereocenters. The standard InChI is InChI=1S/C33H34N6O3/c1-3-29(41)39-16-15-24(17-25(39)20-40)38-18-22(19-38)9-14-28-30(31-32(34)35-21-36-33(31)37(28)2)23-10-12-27(13-11-23)42-26-7-5-4-6-8-26/h3-8,10-13,21-22,24-25,40H,1,15-20H2,2H3,(H2,34,35,36). The van der Waals surface area contributed by atoms with Gasteiger partial charge in [0.1, 0.15) is 35.0 Å². The molecular weight excluding hydrogens is 528 g/mol. The summed E-state index contributed by atoms with van der Waals surface area (Å²) in [5.41, 5.74) is 9.81. The number of aromatic nitrogens is 3. The van der Waals surface area contributed by atoms with Crippen LogP contribution in [0.2, 0.25) is 0 Å². The number of carbonyl (C=O) groups excluding carboxylic acids is 1. The van der Waals surface area contributed by atoms with Gasteiger partial charge in [0.05, 0.1) is 18.0 Å². The lowest BCUT2D eigenvalue weighted by Gasteiger charge is -2.48. The summed E-state index contributed by atoms with van der Waals surface area (Å²) >= 11 is 0. The van der Waals surface area contributed by atoms with Crippen molar-refractivity contribution in [2.24, 2.45) is 13.0 Å². The molecule has 0 radical (unpaired) electrons. The van der Waals surface area contributed by atoms with Gasteiger partial charge in [-0.05, 0) is 54.7 Å². The van der Waals surface area contributed by atoms with E-state index in [1.807, 2.05) is 66.2 Å². The third-order valence-electron chi connectivity index (χ3n) is 8.30. The highest BCUT2D eigenvalue weighted by Gasteiger charge is 2.37. The molecule has 0 spiro atoms. The molecule has 2 unspecified atom stereocenters. The molecule has 0 bridgehead atoms. The summed E-state index contributed by atoms with van der Waals surface area (Å²) in [6.07, 6.45) is 4.44. The monoisotopic (exact) mass is 562 g/mol. The normalized spacial score (nSPS) is 19.1. The Morgan fingerprint density at radius 1 is 1.14 bits per heavy atom. The SMILES string of the molecule is C=CC(=O)N1CCC(N2CC(C#Cc3c(-c4ccc(Oc5ccccc5)cc4)c4c(N)ncnc4n3C)C2)CC1CO. The minimum atomic E-state index is -0.172. The van der Waals surface area contributed by atoms with Crippen LogP contribution in [0.25, 0.3) is 22.2 Å². The number of carbonyl (C=O) groups is 1. The van der Waals surface area contributed by atoms with Crippen LogP contribution in [0.3, 0.4) is 0 Å². The van der Waals surface area contributed by atoms with Gasteiger partial charge >= 0.3 is 0 Å². The number of rotatable bonds is 6. The maximum absolute atomic E-state index is 12.1. The summed E-state index contributed by atoms with van der Waals surface area (Å²) in [7, 11) is 1.95. The summed E-state index contributed by atoms with van der Waals surface area (Å²) in [5, 5.41) is 10.7. The minimum absolute atomic E-state index is 0.0393. The third kappa shape index (κ3) is 5.22. The number of fused-ring (bicyclic) bond motifs is 1. The van der Waals surface area contributed by atoms with Crippen LogP contribution in [0, 0.1) is 17.8 Å². The van der Waals surface area contributed by atoms with Crippen molar-refractivity contribution < 1.29 is 14.6 Å². The van der Waals surface area contributed by atoms with Gasteiger partial charge < -0.3 is 25.0 Å². The Hall–Kier alpha value is -4.65. The van der Waals surface area contributed by atoms with Crippen molar-refractivity contribution in [3.63, 3.8) is 0 Å². The van der Waals surface area contributed by atoms with Crippen molar-refractivity contribution in [2.75, 3.05) is 32.0 Å². The fourth-order valence-corrected chi connectivity index (χ4v) is 6.03. The average molecular weight is 563 g/mol. The first kappa shape index (κ1) is 27.5. The van der Waals surface area contributed by atoms with Crippen LogP contribution in [0.15, 0.2) is 73.6 Å². The van der Waals surface area contributed by atoms with Crippen molar-refractivity contribution in [1.29, 1.82) is 0 Å². The second-order valence-electron chi connectivity index (χ2n) is 10.9. The van der Waals surface area contributed by atoms with Gasteiger partial charge in [0.25, 0.3) is 0 Å². The molecule has 214 valence electrons. The number of anilines is 1. The van der Waals surface area contributed by atoms with Crippen molar-refractivity contribution in [2.45, 2.75) is 24.9 Å². The molecule has 4 heterocycles. The largest absolute Gasteiger partial charge is 0.457 e. The number of nitrogen functional groups attached to an aromatic ring is 1. The smallest absolute Gasteiger partial charge is 0.246 e. The molecule has 2 aliphatic heterocycles. The predicted molar refractivity (Wildman–Crippen MR) is 163 cm³/mol. The number of hydrogen-bond donors (Lipinski definition) is 2. The van der Waals surface area contributed by atoms with Gasteiger partial charge in [0.2, 0.25) is 5.91 Å². The lowest BCUT2D eigenvalue weighted by Crippen LogP contribution is -2.58. The van der Waals surface area contributed by atoms with Crippen molar-refractivity contribution in [3.8, 4) is 34.5 Å². The Bertz CT molecular complexity index is 1670. The van der Waals surface area contributed by atoms with Crippen molar-refractivity contribution in [3.05, 3.63) is 79.3 Å². The molecule has 2 aromatic heterocycles. The molecule has 1 amide bonds. The van der Waals surface area contributed by atoms with E-state index in [4.69, 9.17) is 10.5 Å². The molecule has 0 aliphatic carbocycles. The zero-order valence-corrected chi connectivity index (χ0v) is 23.6. The molecular formula is C33H34N6O3. The number of nitrogens with two attached hydrogens (primary N) is 1. The number of hydrogen-bond acceptors (Lipinski definition) is 7. The molecule has 4 aromatic rings. The lowest BCUT2D eigenvalue weighted by molar-refractivity contribution is -0.132. The quantitative estimate of drug-likeness (QED) is 0.272. The molecule has 42 heavy (non-hydrogen) atoms. The van der Waals surface area contributed by atoms with E-state index in [0.717, 1.165) is 65.3 Å². The number of likely N-dealkylation sites (tertiary alicyclic amines) is 2. The molecule has 9 heteroatoms. The van der Waals surface area contributed by atoms with Gasteiger partial charge in [-0.25, -0.2) is 9.97 Å². The molecule has 2 aliphatic rings. The summed E-state index contributed by atoms with van der Waals surface area (Å²) in [5.74, 6) is 8.97. The number of amides is 1. The number of aliphatic hydroxyl groups excluding tert-OH is 1. The van der Waals surface area contributed by atoms with E-state index in [2.05, 4.69) is 33.3 Å². The van der Waals surface area contributed by atoms with Crippen LogP contribution in [-0.2, 0) is 11.8 Å². The zero-order chi connectivity index (χ0) is 29.2. The highest BCUT2D eigenvalue weighted by Crippen LogP contribution is 2.37. The maximum atomic E-state index is 12.1. The fraction of sp³-hybridized carbons (Fsp3) is 0.303. The summed E-state index contributed by atoms with van der Waals surface area (Å²) in [6, 6.07) is 17.7. The summed E-state index contributed by atoms with van der Waals surface area (Å²) < 4.78 is 7.97. The maximum Gasteiger partial charge on any atom is 0.246 e. The van der Waals surface area contributed by atoms with Crippen LogP contribution in [-0.4, -0.2) is 73.7 Å². The minimum Gasteiger partial charge on any atom is -0.457 e. The van der Waals surface area contributed by atoms with Gasteiger partial charge in [0.15, 0.2) is 0 Å². The Morgan fingerprint density at radius 3 is 2.60 bits per heavy atom. The highest BCUT2D eigenvalue weighted by atomic mass is 16.5. The Morgan fingerprint density at radius 2 is 1.88 bits per heavy atom. The molecule has 9 nitrogen and oxygen atoms in total. The fourth-order valence-electron chi connectivity index (χ4n) is 6.03. The topological polar surface area (TPSA) is 110 Å². The number of benzene rings is 2. The van der Waals surface area contributed by atoms with E-state index in [0.29, 0.717) is 18.4 Å². The van der Waals surface area contributed by atoms with Crippen molar-refractivity contribution >= 4 is 22.8 Å². The van der Waals surface area contributed by atoms with Gasteiger partial charge in [-0.2, -0.15) is 0 Å². The van der Waals surface area contributed by atoms with Gasteiger partial charge in [-0.15, -0.1) is 0 Å². The first-order valence-corrected chi connectivity index (χ1v) is 14.2. The van der Waals surface area contributed by atoms with E-state index in [-0.39, 0.29) is 24.5 Å². The second kappa shape index (κ2) is 11.7. The Balaban J connectivity index is 1.22. The number of aliphatic hydroxyl groups is 1. The van der Waals surface area contributed by atoms with Gasteiger partial charge in [-0.3, -0.25) is 9.69 Å². The lowest BCUT2D eigenvalue weighted by atomic mass is 9.90. The van der Waals surface area contributed by atoms with Crippen molar-refractivity contribution in [1.82, 2.24) is 24.3 Å². The van der Waals surface area contributed by atoms with Crippen LogP contribution in [0.5, 0.6) is 11.5 Å². The molecule has 2 fully saturated rings. The van der Waals surface area contributed by atoms with Gasteiger partial charge in [-0.1, -0.05) is 42.8 Å². The Kier molecular flexibility index (Phi) is 7.66. The first-order valence-electron chi connectivity index (χ1n) is 14.2. The van der Waals surface area contributed by atoms with Crippen LogP contribution in [0.1, 0.15) is 18.5 Å². The average Bonchev–Trinajstić information content (AvgIpc) is 3.29. The highest BCUT2D eigenvalue weighted by molar-refractivity contribution is 6.03. The Labute approximate surface area is 245 Å². The third-order valence-corrected chi connectivity index (χ3v) is 8.30. The van der Waals surface area contributed by atoms with E-state index < -0.39 is 0 Å². The van der Waals surface area contributed by atoms with Crippen LogP contribution < -0.4 is 10.5 Å². The van der Waals surface area contributed by atoms with E-state index >= 15 is 0 Å². The van der Waals surface area contributed by atoms with E-state index in [1.165, 1.54) is 12.4 Å². The van der Waals surface area contributed by atoms with E-state index in [1.54, 1.807) is 4.90 Å². The number of piperidine rings is 1. The summed E-state index contributed by atoms with van der Waals surface area (Å²) in [6.45, 7) is 5.90. The van der Waals surface area contributed by atoms with E-state index in [9.17, 15) is 9.90 Å². The zero-order valence-electron chi connectivity index (χ0n) is 23.6. The number of nitrogens with zero attached hydrogens (tertiary/aromatic N) is 5.